The summed E-state index contributed by atoms with van der Waals surface area (Å²) < 4.78 is 10.7. The maximum absolute atomic E-state index is 13.0. The van der Waals surface area contributed by atoms with Crippen molar-refractivity contribution in [2.45, 2.75) is 51.8 Å². The first-order valence-electron chi connectivity index (χ1n) is 10.2. The zero-order chi connectivity index (χ0) is 21.7. The zero-order valence-corrected chi connectivity index (χ0v) is 18.1. The second-order valence-electron chi connectivity index (χ2n) is 8.49. The maximum Gasteiger partial charge on any atom is 0.411 e. The van der Waals surface area contributed by atoms with Crippen molar-refractivity contribution in [3.05, 3.63) is 65.2 Å². The number of hydrogen-bond acceptors (Lipinski definition) is 4. The first kappa shape index (κ1) is 21.7. The number of carbonyl (C=O) groups is 2. The van der Waals surface area contributed by atoms with Gasteiger partial charge in [0, 0.05) is 13.0 Å². The summed E-state index contributed by atoms with van der Waals surface area (Å²) in [6.45, 7) is 6.33. The van der Waals surface area contributed by atoms with E-state index in [1.807, 2.05) is 69.3 Å². The molecule has 2 aromatic carbocycles. The number of fused-ring (bicyclic) bond motifs is 1. The van der Waals surface area contributed by atoms with Crippen LogP contribution in [0, 0.1) is 0 Å². The molecule has 0 fully saturated rings. The summed E-state index contributed by atoms with van der Waals surface area (Å²) in [6.07, 6.45) is 0.710. The lowest BCUT2D eigenvalue weighted by Crippen LogP contribution is -2.53. The van der Waals surface area contributed by atoms with Gasteiger partial charge in [0.05, 0.1) is 13.7 Å². The van der Waals surface area contributed by atoms with E-state index < -0.39 is 17.7 Å². The molecule has 1 heterocycles. The van der Waals surface area contributed by atoms with Crippen molar-refractivity contribution in [3.8, 4) is 5.75 Å². The van der Waals surface area contributed by atoms with Crippen LogP contribution in [0.25, 0.3) is 0 Å². The topological polar surface area (TPSA) is 67.9 Å². The molecule has 6 nitrogen and oxygen atoms in total. The first-order chi connectivity index (χ1) is 14.3. The van der Waals surface area contributed by atoms with Crippen LogP contribution in [0.3, 0.4) is 0 Å². The third kappa shape index (κ3) is 5.53. The summed E-state index contributed by atoms with van der Waals surface area (Å²) in [6, 6.07) is 15.1. The van der Waals surface area contributed by atoms with Gasteiger partial charge in [-0.1, -0.05) is 36.4 Å². The van der Waals surface area contributed by atoms with Gasteiger partial charge in [0.2, 0.25) is 5.91 Å². The number of rotatable bonds is 5. The van der Waals surface area contributed by atoms with Gasteiger partial charge in [0.15, 0.2) is 0 Å². The Labute approximate surface area is 178 Å². The summed E-state index contributed by atoms with van der Waals surface area (Å²) in [5.41, 5.74) is 2.62. The molecule has 1 aliphatic rings. The predicted octanol–water partition coefficient (Wildman–Crippen LogP) is 3.72. The van der Waals surface area contributed by atoms with Gasteiger partial charge in [-0.05, 0) is 56.0 Å². The molecular formula is C24H30N2O4. The van der Waals surface area contributed by atoms with Crippen molar-refractivity contribution >= 4 is 12.0 Å². The number of carbonyl (C=O) groups excluding carboxylic acids is 2. The highest BCUT2D eigenvalue weighted by Crippen LogP contribution is 2.25. The number of ether oxygens (including phenoxy) is 2. The molecule has 0 aromatic heterocycles. The highest BCUT2D eigenvalue weighted by molar-refractivity contribution is 5.86. The van der Waals surface area contributed by atoms with E-state index in [2.05, 4.69) is 5.32 Å². The minimum atomic E-state index is -0.622. The number of nitrogens with one attached hydrogen (secondary N) is 1. The lowest BCUT2D eigenvalue weighted by atomic mass is 9.93. The molecule has 0 unspecified atom stereocenters. The quantitative estimate of drug-likeness (QED) is 0.816. The van der Waals surface area contributed by atoms with Gasteiger partial charge in [-0.15, -0.1) is 0 Å². The van der Waals surface area contributed by atoms with Gasteiger partial charge < -0.3 is 14.8 Å². The van der Waals surface area contributed by atoms with Crippen LogP contribution in [0.5, 0.6) is 5.75 Å². The molecule has 0 saturated carbocycles. The van der Waals surface area contributed by atoms with Gasteiger partial charge in [-0.2, -0.15) is 0 Å². The molecule has 2 amide bonds. The van der Waals surface area contributed by atoms with Crippen LogP contribution < -0.4 is 10.1 Å². The minimum absolute atomic E-state index is 0.163. The van der Waals surface area contributed by atoms with Crippen LogP contribution in [-0.4, -0.2) is 42.2 Å². The van der Waals surface area contributed by atoms with Crippen molar-refractivity contribution in [2.75, 3.05) is 13.7 Å². The molecule has 30 heavy (non-hydrogen) atoms. The molecule has 0 saturated heterocycles. The fourth-order valence-corrected chi connectivity index (χ4v) is 3.51. The molecule has 0 radical (unpaired) electrons. The number of methoxy groups -OCH3 is 1. The summed E-state index contributed by atoms with van der Waals surface area (Å²) in [5.74, 6) is 0.639. The Kier molecular flexibility index (Phi) is 6.65. The molecule has 6 heteroatoms. The van der Waals surface area contributed by atoms with Gasteiger partial charge in [0.1, 0.15) is 17.4 Å². The second kappa shape index (κ2) is 9.20. The van der Waals surface area contributed by atoms with E-state index >= 15 is 0 Å². The third-order valence-corrected chi connectivity index (χ3v) is 5.05. The highest BCUT2D eigenvalue weighted by Gasteiger charge is 2.36. The Morgan fingerprint density at radius 1 is 1.07 bits per heavy atom. The van der Waals surface area contributed by atoms with Crippen molar-refractivity contribution in [1.29, 1.82) is 0 Å². The normalized spacial score (nSPS) is 15.9. The molecular weight excluding hydrogens is 380 g/mol. The van der Waals surface area contributed by atoms with Crippen LogP contribution in [0.1, 0.15) is 37.5 Å². The molecule has 1 atom stereocenters. The fraction of sp³-hybridized carbons (Fsp3) is 0.417. The number of benzene rings is 2. The Hall–Kier alpha value is -3.02. The number of amides is 2. The Morgan fingerprint density at radius 3 is 2.37 bits per heavy atom. The molecule has 160 valence electrons. The van der Waals surface area contributed by atoms with Crippen LogP contribution in [0.15, 0.2) is 48.5 Å². The first-order valence-corrected chi connectivity index (χ1v) is 10.2. The van der Waals surface area contributed by atoms with E-state index in [4.69, 9.17) is 9.47 Å². The summed E-state index contributed by atoms with van der Waals surface area (Å²) in [7, 11) is 1.63. The third-order valence-electron chi connectivity index (χ3n) is 5.05. The average Bonchev–Trinajstić information content (AvgIpc) is 2.72. The Balaban J connectivity index is 1.67. The molecule has 0 spiro atoms. The van der Waals surface area contributed by atoms with Crippen LogP contribution in [-0.2, 0) is 28.9 Å². The lowest BCUT2D eigenvalue weighted by molar-refractivity contribution is -0.127. The smallest absolute Gasteiger partial charge is 0.411 e. The zero-order valence-electron chi connectivity index (χ0n) is 18.1. The van der Waals surface area contributed by atoms with Crippen LogP contribution in [0.4, 0.5) is 4.79 Å². The molecule has 0 aliphatic carbocycles. The summed E-state index contributed by atoms with van der Waals surface area (Å²) >= 11 is 0. The highest BCUT2D eigenvalue weighted by atomic mass is 16.6. The van der Waals surface area contributed by atoms with Crippen molar-refractivity contribution in [1.82, 2.24) is 10.2 Å². The summed E-state index contributed by atoms with van der Waals surface area (Å²) in [4.78, 5) is 27.3. The standard InChI is InChI=1S/C24H30N2O4/c1-24(2,3)30-23(28)26-16-19-8-6-5-7-18(19)15-21(26)22(27)25-14-13-17-9-11-20(29-4)12-10-17/h5-12,21H,13-16H2,1-4H3,(H,25,27)/t21-/m0/s1. The van der Waals surface area contributed by atoms with E-state index in [1.54, 1.807) is 7.11 Å². The van der Waals surface area contributed by atoms with E-state index in [9.17, 15) is 9.59 Å². The molecule has 1 N–H and O–H groups in total. The van der Waals surface area contributed by atoms with Crippen molar-refractivity contribution in [3.63, 3.8) is 0 Å². The number of nitrogens with zero attached hydrogens (tertiary/aromatic N) is 1. The van der Waals surface area contributed by atoms with Crippen molar-refractivity contribution < 1.29 is 19.1 Å². The number of hydrogen-bond donors (Lipinski definition) is 1. The largest absolute Gasteiger partial charge is 0.497 e. The Morgan fingerprint density at radius 2 is 1.73 bits per heavy atom. The molecule has 0 bridgehead atoms. The lowest BCUT2D eigenvalue weighted by Gasteiger charge is -2.36. The Bertz CT molecular complexity index is 887. The minimum Gasteiger partial charge on any atom is -0.497 e. The van der Waals surface area contributed by atoms with Gasteiger partial charge >= 0.3 is 6.09 Å². The molecule has 2 aromatic rings. The monoisotopic (exact) mass is 410 g/mol. The van der Waals surface area contributed by atoms with Gasteiger partial charge in [-0.3, -0.25) is 9.69 Å². The van der Waals surface area contributed by atoms with E-state index in [1.165, 1.54) is 4.90 Å². The van der Waals surface area contributed by atoms with Crippen LogP contribution in [0.2, 0.25) is 0 Å². The van der Waals surface area contributed by atoms with E-state index in [0.717, 1.165) is 22.4 Å². The van der Waals surface area contributed by atoms with Gasteiger partial charge in [-0.25, -0.2) is 4.79 Å². The SMILES string of the molecule is COc1ccc(CCNC(=O)[C@@H]2Cc3ccccc3CN2C(=O)OC(C)(C)C)cc1. The fourth-order valence-electron chi connectivity index (χ4n) is 3.51. The van der Waals surface area contributed by atoms with E-state index in [0.29, 0.717) is 25.9 Å². The van der Waals surface area contributed by atoms with Gasteiger partial charge in [0.25, 0.3) is 0 Å². The summed E-state index contributed by atoms with van der Waals surface area (Å²) in [5, 5.41) is 2.99. The molecule has 1 aliphatic heterocycles. The maximum atomic E-state index is 13.0. The second-order valence-corrected chi connectivity index (χ2v) is 8.49. The van der Waals surface area contributed by atoms with Crippen LogP contribution >= 0.6 is 0 Å². The van der Waals surface area contributed by atoms with Crippen molar-refractivity contribution in [2.24, 2.45) is 0 Å². The van der Waals surface area contributed by atoms with E-state index in [-0.39, 0.29) is 5.91 Å². The average molecular weight is 411 g/mol. The molecule has 3 rings (SSSR count). The predicted molar refractivity (Wildman–Crippen MR) is 115 cm³/mol.